The smallest absolute Gasteiger partial charge is 0.226 e. The van der Waals surface area contributed by atoms with Crippen LogP contribution in [0.5, 0.6) is 5.75 Å². The molecular formula is C22H25FN2O4S. The van der Waals surface area contributed by atoms with Crippen molar-refractivity contribution in [2.75, 3.05) is 26.5 Å². The number of hydrogen-bond donors (Lipinski definition) is 1. The second-order valence-electron chi connectivity index (χ2n) is 8.01. The normalized spacial score (nSPS) is 23.4. The molecule has 1 saturated carbocycles. The first kappa shape index (κ1) is 20.8. The van der Waals surface area contributed by atoms with Gasteiger partial charge in [-0.15, -0.1) is 0 Å². The van der Waals surface area contributed by atoms with Crippen molar-refractivity contribution in [2.24, 2.45) is 5.92 Å². The highest BCUT2D eigenvalue weighted by atomic mass is 32.2. The van der Waals surface area contributed by atoms with Crippen LogP contribution in [-0.2, 0) is 14.8 Å². The zero-order valence-electron chi connectivity index (χ0n) is 17.0. The molecule has 4 rings (SSSR count). The van der Waals surface area contributed by atoms with Crippen LogP contribution >= 0.6 is 0 Å². The van der Waals surface area contributed by atoms with E-state index in [1.165, 1.54) is 13.2 Å². The number of sulfonamides is 1. The van der Waals surface area contributed by atoms with Crippen molar-refractivity contribution < 1.29 is 22.3 Å². The van der Waals surface area contributed by atoms with Gasteiger partial charge in [-0.25, -0.2) is 17.5 Å². The Hall–Kier alpha value is -2.45. The molecule has 1 amide bonds. The molecule has 0 unspecified atom stereocenters. The van der Waals surface area contributed by atoms with Gasteiger partial charge in [0.1, 0.15) is 11.6 Å². The van der Waals surface area contributed by atoms with Gasteiger partial charge in [-0.2, -0.15) is 0 Å². The lowest BCUT2D eigenvalue weighted by Crippen LogP contribution is -2.38. The molecule has 2 aliphatic rings. The second kappa shape index (κ2) is 8.00. The molecule has 1 saturated heterocycles. The van der Waals surface area contributed by atoms with Crippen LogP contribution in [0.2, 0.25) is 0 Å². The molecule has 2 aromatic carbocycles. The summed E-state index contributed by atoms with van der Waals surface area (Å²) in [6.45, 7) is 0.927. The molecule has 0 spiro atoms. The Morgan fingerprint density at radius 2 is 1.97 bits per heavy atom. The minimum Gasteiger partial charge on any atom is -0.496 e. The molecule has 2 aromatic rings. The van der Waals surface area contributed by atoms with Gasteiger partial charge >= 0.3 is 0 Å². The molecule has 1 N–H and O–H groups in total. The van der Waals surface area contributed by atoms with E-state index in [1.807, 2.05) is 24.3 Å². The van der Waals surface area contributed by atoms with E-state index < -0.39 is 10.0 Å². The minimum absolute atomic E-state index is 0.0138. The highest BCUT2D eigenvalue weighted by Gasteiger charge is 2.48. The highest BCUT2D eigenvalue weighted by Crippen LogP contribution is 2.52. The Balaban J connectivity index is 1.53. The number of amides is 1. The fraction of sp³-hybridized carbons (Fsp3) is 0.409. The Morgan fingerprint density at radius 3 is 2.70 bits per heavy atom. The first-order chi connectivity index (χ1) is 14.3. The first-order valence-electron chi connectivity index (χ1n) is 9.96. The summed E-state index contributed by atoms with van der Waals surface area (Å²) < 4.78 is 45.5. The van der Waals surface area contributed by atoms with Gasteiger partial charge in [0.15, 0.2) is 0 Å². The fourth-order valence-electron chi connectivity index (χ4n) is 4.39. The van der Waals surface area contributed by atoms with Gasteiger partial charge in [-0.3, -0.25) is 4.79 Å². The monoisotopic (exact) mass is 432 g/mol. The van der Waals surface area contributed by atoms with Gasteiger partial charge in [0, 0.05) is 25.0 Å². The number of nitrogens with one attached hydrogen (secondary N) is 1. The molecule has 1 heterocycles. The first-order valence-corrected chi connectivity index (χ1v) is 11.9. The molecule has 30 heavy (non-hydrogen) atoms. The van der Waals surface area contributed by atoms with E-state index in [0.717, 1.165) is 17.4 Å². The van der Waals surface area contributed by atoms with Crippen molar-refractivity contribution in [3.05, 3.63) is 53.8 Å². The Bertz CT molecular complexity index is 1070. The van der Waals surface area contributed by atoms with Crippen LogP contribution in [0.25, 0.3) is 11.1 Å². The lowest BCUT2D eigenvalue weighted by atomic mass is 9.94. The van der Waals surface area contributed by atoms with Crippen molar-refractivity contribution >= 4 is 15.9 Å². The van der Waals surface area contributed by atoms with Gasteiger partial charge in [-0.05, 0) is 42.0 Å². The molecular weight excluding hydrogens is 407 g/mol. The summed E-state index contributed by atoms with van der Waals surface area (Å²) in [5.74, 6) is -0.0197. The molecule has 6 nitrogen and oxygen atoms in total. The number of benzene rings is 2. The van der Waals surface area contributed by atoms with Crippen molar-refractivity contribution in [1.82, 2.24) is 9.62 Å². The maximum Gasteiger partial charge on any atom is 0.226 e. The Labute approximate surface area is 176 Å². The lowest BCUT2D eigenvalue weighted by Gasteiger charge is -2.18. The number of methoxy groups -OCH3 is 1. The fourth-order valence-corrected chi connectivity index (χ4v) is 5.19. The average molecular weight is 433 g/mol. The molecule has 1 aliphatic carbocycles. The quantitative estimate of drug-likeness (QED) is 0.762. The molecule has 2 fully saturated rings. The third kappa shape index (κ3) is 4.20. The van der Waals surface area contributed by atoms with Crippen LogP contribution in [0.4, 0.5) is 4.39 Å². The SMILES string of the molecule is COc1cccc(F)c1-c1ccccc1[C@@H]1C[C@H]1C(=O)N1CC[C@@H](NS(C)(=O)=O)C1. The van der Waals surface area contributed by atoms with Crippen LogP contribution in [0, 0.1) is 11.7 Å². The van der Waals surface area contributed by atoms with E-state index >= 15 is 0 Å². The highest BCUT2D eigenvalue weighted by molar-refractivity contribution is 7.88. The number of carbonyl (C=O) groups is 1. The van der Waals surface area contributed by atoms with E-state index in [2.05, 4.69) is 4.72 Å². The molecule has 0 aromatic heterocycles. The summed E-state index contributed by atoms with van der Waals surface area (Å²) in [5.41, 5.74) is 2.09. The van der Waals surface area contributed by atoms with Gasteiger partial charge in [0.2, 0.25) is 15.9 Å². The third-order valence-electron chi connectivity index (χ3n) is 5.81. The van der Waals surface area contributed by atoms with Gasteiger partial charge in [0.25, 0.3) is 0 Å². The van der Waals surface area contributed by atoms with Crippen molar-refractivity contribution in [3.63, 3.8) is 0 Å². The van der Waals surface area contributed by atoms with E-state index in [4.69, 9.17) is 4.74 Å². The van der Waals surface area contributed by atoms with Gasteiger partial charge < -0.3 is 9.64 Å². The molecule has 160 valence electrons. The summed E-state index contributed by atoms with van der Waals surface area (Å²) in [4.78, 5) is 14.7. The maximum atomic E-state index is 14.7. The van der Waals surface area contributed by atoms with Crippen LogP contribution in [0.1, 0.15) is 24.3 Å². The number of likely N-dealkylation sites (tertiary alicyclic amines) is 1. The molecule has 0 bridgehead atoms. The van der Waals surface area contributed by atoms with E-state index in [0.29, 0.717) is 37.2 Å². The van der Waals surface area contributed by atoms with Crippen molar-refractivity contribution in [1.29, 1.82) is 0 Å². The number of ether oxygens (including phenoxy) is 1. The Kier molecular flexibility index (Phi) is 5.55. The molecule has 1 aliphatic heterocycles. The zero-order chi connectivity index (χ0) is 21.5. The van der Waals surface area contributed by atoms with Gasteiger partial charge in [0.05, 0.1) is 18.9 Å². The number of carbonyl (C=O) groups excluding carboxylic acids is 1. The summed E-state index contributed by atoms with van der Waals surface area (Å²) >= 11 is 0. The van der Waals surface area contributed by atoms with Crippen LogP contribution in [0.3, 0.4) is 0 Å². The summed E-state index contributed by atoms with van der Waals surface area (Å²) in [6, 6.07) is 12.1. The predicted molar refractivity (Wildman–Crippen MR) is 112 cm³/mol. The number of halogens is 1. The Morgan fingerprint density at radius 1 is 1.20 bits per heavy atom. The van der Waals surface area contributed by atoms with Gasteiger partial charge in [-0.1, -0.05) is 30.3 Å². The van der Waals surface area contributed by atoms with E-state index in [1.54, 1.807) is 17.0 Å². The zero-order valence-corrected chi connectivity index (χ0v) is 17.8. The minimum atomic E-state index is -3.30. The summed E-state index contributed by atoms with van der Waals surface area (Å²) in [6.07, 6.45) is 2.44. The number of nitrogens with zero attached hydrogens (tertiary/aromatic N) is 1. The molecule has 3 atom stereocenters. The number of rotatable bonds is 6. The second-order valence-corrected chi connectivity index (χ2v) is 9.79. The number of hydrogen-bond acceptors (Lipinski definition) is 4. The standard InChI is InChI=1S/C22H25FN2O4S/c1-29-20-9-5-8-19(23)21(20)16-7-4-3-6-15(16)17-12-18(17)22(26)25-11-10-14(13-25)24-30(2,27)28/h3-9,14,17-18,24H,10-13H2,1-2H3/t14-,17+,18-/m1/s1. The maximum absolute atomic E-state index is 14.7. The average Bonchev–Trinajstić information content (AvgIpc) is 3.37. The van der Waals surface area contributed by atoms with Crippen LogP contribution in [-0.4, -0.2) is 51.7 Å². The summed E-state index contributed by atoms with van der Waals surface area (Å²) in [7, 11) is -1.78. The largest absolute Gasteiger partial charge is 0.496 e. The lowest BCUT2D eigenvalue weighted by molar-refractivity contribution is -0.131. The topological polar surface area (TPSA) is 75.7 Å². The van der Waals surface area contributed by atoms with Crippen molar-refractivity contribution in [3.8, 4) is 16.9 Å². The predicted octanol–water partition coefficient (Wildman–Crippen LogP) is 2.75. The third-order valence-corrected chi connectivity index (χ3v) is 6.57. The van der Waals surface area contributed by atoms with E-state index in [-0.39, 0.29) is 29.6 Å². The molecule has 0 radical (unpaired) electrons. The summed E-state index contributed by atoms with van der Waals surface area (Å²) in [5, 5.41) is 0. The van der Waals surface area contributed by atoms with Crippen molar-refractivity contribution in [2.45, 2.75) is 24.8 Å². The van der Waals surface area contributed by atoms with Crippen LogP contribution < -0.4 is 9.46 Å². The molecule has 8 heteroatoms. The van der Waals surface area contributed by atoms with Crippen LogP contribution in [0.15, 0.2) is 42.5 Å². The van der Waals surface area contributed by atoms with E-state index in [9.17, 15) is 17.6 Å².